The van der Waals surface area contributed by atoms with E-state index in [-0.39, 0.29) is 0 Å². The topological polar surface area (TPSA) is 6.48 Å². The van der Waals surface area contributed by atoms with Crippen molar-refractivity contribution < 1.29 is 0 Å². The van der Waals surface area contributed by atoms with E-state index in [4.69, 9.17) is 0 Å². The Kier molecular flexibility index (Phi) is 6.26. The van der Waals surface area contributed by atoms with Crippen molar-refractivity contribution in [3.8, 4) is 0 Å². The number of likely N-dealkylation sites (tertiary alicyclic amines) is 1. The summed E-state index contributed by atoms with van der Waals surface area (Å²) in [6.07, 6.45) is 6.86. The fourth-order valence-corrected chi connectivity index (χ4v) is 2.52. The summed E-state index contributed by atoms with van der Waals surface area (Å²) in [6, 6.07) is 0.864. The first-order chi connectivity index (χ1) is 7.27. The van der Waals surface area contributed by atoms with E-state index in [1.807, 2.05) is 0 Å². The molecular formula is C13H28N2. The highest BCUT2D eigenvalue weighted by Crippen LogP contribution is 2.16. The van der Waals surface area contributed by atoms with E-state index in [1.165, 1.54) is 58.3 Å². The molecular weight excluding hydrogens is 184 g/mol. The van der Waals surface area contributed by atoms with Gasteiger partial charge in [0.1, 0.15) is 0 Å². The quantitative estimate of drug-likeness (QED) is 0.624. The van der Waals surface area contributed by atoms with Crippen molar-refractivity contribution in [2.75, 3.05) is 33.2 Å². The average molecular weight is 212 g/mol. The van der Waals surface area contributed by atoms with Crippen LogP contribution in [0.4, 0.5) is 0 Å². The van der Waals surface area contributed by atoms with Crippen molar-refractivity contribution in [2.45, 2.75) is 52.0 Å². The molecule has 1 saturated heterocycles. The number of rotatable bonds is 6. The summed E-state index contributed by atoms with van der Waals surface area (Å²) in [6.45, 7) is 9.72. The molecule has 0 unspecified atom stereocenters. The second-order valence-corrected chi connectivity index (χ2v) is 4.87. The summed E-state index contributed by atoms with van der Waals surface area (Å²) in [4.78, 5) is 5.15. The maximum Gasteiger partial charge on any atom is 0.0119 e. The van der Waals surface area contributed by atoms with Gasteiger partial charge in [-0.25, -0.2) is 0 Å². The lowest BCUT2D eigenvalue weighted by Crippen LogP contribution is -2.44. The summed E-state index contributed by atoms with van der Waals surface area (Å²) >= 11 is 0. The maximum atomic E-state index is 2.70. The van der Waals surface area contributed by atoms with Crippen LogP contribution in [-0.4, -0.2) is 49.1 Å². The molecule has 2 nitrogen and oxygen atoms in total. The van der Waals surface area contributed by atoms with Gasteiger partial charge in [-0.3, -0.25) is 0 Å². The fraction of sp³-hybridized carbons (Fsp3) is 1.00. The summed E-state index contributed by atoms with van der Waals surface area (Å²) in [5.41, 5.74) is 0. The van der Waals surface area contributed by atoms with Crippen LogP contribution in [0.5, 0.6) is 0 Å². The van der Waals surface area contributed by atoms with E-state index in [0.29, 0.717) is 0 Å². The lowest BCUT2D eigenvalue weighted by Gasteiger charge is -2.36. The van der Waals surface area contributed by atoms with Crippen LogP contribution < -0.4 is 0 Å². The van der Waals surface area contributed by atoms with Crippen LogP contribution in [0.3, 0.4) is 0 Å². The molecule has 0 spiro atoms. The monoisotopic (exact) mass is 212 g/mol. The summed E-state index contributed by atoms with van der Waals surface area (Å²) in [5, 5.41) is 0. The highest BCUT2D eigenvalue weighted by Gasteiger charge is 2.21. The molecule has 0 aromatic carbocycles. The summed E-state index contributed by atoms with van der Waals surface area (Å²) < 4.78 is 0. The second kappa shape index (κ2) is 7.24. The molecule has 0 aromatic heterocycles. The minimum atomic E-state index is 0.864. The molecule has 0 atom stereocenters. The first kappa shape index (κ1) is 13.0. The van der Waals surface area contributed by atoms with Crippen LogP contribution in [0, 0.1) is 0 Å². The van der Waals surface area contributed by atoms with Crippen molar-refractivity contribution in [1.29, 1.82) is 0 Å². The van der Waals surface area contributed by atoms with Gasteiger partial charge in [-0.15, -0.1) is 0 Å². The Morgan fingerprint density at radius 3 is 2.33 bits per heavy atom. The molecule has 0 bridgehead atoms. The van der Waals surface area contributed by atoms with Gasteiger partial charge in [0.15, 0.2) is 0 Å². The second-order valence-electron chi connectivity index (χ2n) is 4.87. The van der Waals surface area contributed by atoms with Gasteiger partial charge in [0.25, 0.3) is 0 Å². The van der Waals surface area contributed by atoms with E-state index in [0.717, 1.165) is 6.04 Å². The van der Waals surface area contributed by atoms with Gasteiger partial charge in [-0.2, -0.15) is 0 Å². The Balaban J connectivity index is 2.24. The highest BCUT2D eigenvalue weighted by atomic mass is 15.2. The van der Waals surface area contributed by atoms with E-state index < -0.39 is 0 Å². The summed E-state index contributed by atoms with van der Waals surface area (Å²) in [5.74, 6) is 0. The van der Waals surface area contributed by atoms with Crippen molar-refractivity contribution in [1.82, 2.24) is 9.80 Å². The summed E-state index contributed by atoms with van der Waals surface area (Å²) in [7, 11) is 2.24. The Morgan fingerprint density at radius 2 is 1.80 bits per heavy atom. The molecule has 2 heteroatoms. The molecule has 0 N–H and O–H groups in total. The van der Waals surface area contributed by atoms with Gasteiger partial charge in [0.05, 0.1) is 0 Å². The van der Waals surface area contributed by atoms with E-state index in [9.17, 15) is 0 Å². The minimum absolute atomic E-state index is 0.864. The van der Waals surface area contributed by atoms with Gasteiger partial charge in [0.2, 0.25) is 0 Å². The predicted octanol–water partition coefficient (Wildman–Crippen LogP) is 2.59. The Morgan fingerprint density at radius 1 is 1.13 bits per heavy atom. The standard InChI is InChI=1S/C13H28N2/c1-4-6-7-10-15(5-2)13-8-11-14(3)12-9-13/h13H,4-12H2,1-3H3. The molecule has 1 heterocycles. The molecule has 0 aromatic rings. The maximum absolute atomic E-state index is 2.70. The van der Waals surface area contributed by atoms with E-state index in [1.54, 1.807) is 0 Å². The molecule has 0 saturated carbocycles. The van der Waals surface area contributed by atoms with Crippen molar-refractivity contribution in [3.63, 3.8) is 0 Å². The Bertz CT molecular complexity index is 151. The number of piperidine rings is 1. The molecule has 0 radical (unpaired) electrons. The molecule has 1 aliphatic heterocycles. The molecule has 1 rings (SSSR count). The minimum Gasteiger partial charge on any atom is -0.306 e. The van der Waals surface area contributed by atoms with Crippen LogP contribution in [0.15, 0.2) is 0 Å². The third kappa shape index (κ3) is 4.52. The third-order valence-electron chi connectivity index (χ3n) is 3.66. The largest absolute Gasteiger partial charge is 0.306 e. The molecule has 1 aliphatic rings. The fourth-order valence-electron chi connectivity index (χ4n) is 2.52. The normalized spacial score (nSPS) is 20.0. The van der Waals surface area contributed by atoms with Crippen molar-refractivity contribution in [2.24, 2.45) is 0 Å². The van der Waals surface area contributed by atoms with Crippen LogP contribution in [0.25, 0.3) is 0 Å². The predicted molar refractivity (Wildman–Crippen MR) is 67.3 cm³/mol. The SMILES string of the molecule is CCCCCN(CC)C1CCN(C)CC1. The first-order valence-electron chi connectivity index (χ1n) is 6.70. The zero-order valence-corrected chi connectivity index (χ0v) is 10.8. The zero-order valence-electron chi connectivity index (χ0n) is 10.8. The third-order valence-corrected chi connectivity index (χ3v) is 3.66. The number of hydrogen-bond acceptors (Lipinski definition) is 2. The highest BCUT2D eigenvalue weighted by molar-refractivity contribution is 4.77. The van der Waals surface area contributed by atoms with Gasteiger partial charge >= 0.3 is 0 Å². The molecule has 0 aliphatic carbocycles. The van der Waals surface area contributed by atoms with Gasteiger partial charge in [0, 0.05) is 6.04 Å². The van der Waals surface area contributed by atoms with Crippen LogP contribution in [0.1, 0.15) is 46.0 Å². The van der Waals surface area contributed by atoms with Crippen LogP contribution >= 0.6 is 0 Å². The van der Waals surface area contributed by atoms with Gasteiger partial charge in [-0.1, -0.05) is 26.7 Å². The Hall–Kier alpha value is -0.0800. The number of hydrogen-bond donors (Lipinski definition) is 0. The average Bonchev–Trinajstić information content (AvgIpc) is 2.26. The molecule has 0 amide bonds. The van der Waals surface area contributed by atoms with Gasteiger partial charge < -0.3 is 9.80 Å². The van der Waals surface area contributed by atoms with E-state index in [2.05, 4.69) is 30.7 Å². The number of nitrogens with zero attached hydrogens (tertiary/aromatic N) is 2. The lowest BCUT2D eigenvalue weighted by atomic mass is 10.0. The smallest absolute Gasteiger partial charge is 0.0119 e. The van der Waals surface area contributed by atoms with Crippen molar-refractivity contribution in [3.05, 3.63) is 0 Å². The Labute approximate surface area is 95.6 Å². The molecule has 15 heavy (non-hydrogen) atoms. The molecule has 1 fully saturated rings. The van der Waals surface area contributed by atoms with Crippen LogP contribution in [-0.2, 0) is 0 Å². The zero-order chi connectivity index (χ0) is 11.1. The number of unbranched alkanes of at least 4 members (excludes halogenated alkanes) is 2. The molecule has 90 valence electrons. The van der Waals surface area contributed by atoms with Crippen LogP contribution in [0.2, 0.25) is 0 Å². The first-order valence-corrected chi connectivity index (χ1v) is 6.70. The van der Waals surface area contributed by atoms with E-state index >= 15 is 0 Å². The van der Waals surface area contributed by atoms with Crippen molar-refractivity contribution >= 4 is 0 Å². The lowest BCUT2D eigenvalue weighted by molar-refractivity contribution is 0.124. The van der Waals surface area contributed by atoms with Gasteiger partial charge in [-0.05, 0) is 52.5 Å².